The van der Waals surface area contributed by atoms with Crippen molar-refractivity contribution in [2.75, 3.05) is 25.1 Å². The number of nitrogens with zero attached hydrogens (tertiary/aromatic N) is 1. The third kappa shape index (κ3) is 4.85. The lowest BCUT2D eigenvalue weighted by molar-refractivity contribution is 0.118. The number of rotatable bonds is 6. The van der Waals surface area contributed by atoms with Crippen molar-refractivity contribution in [1.29, 1.82) is 0 Å². The zero-order valence-electron chi connectivity index (χ0n) is 8.12. The molecule has 0 aliphatic rings. The Bertz CT molecular complexity index is 211. The fourth-order valence-electron chi connectivity index (χ4n) is 0.860. The van der Waals surface area contributed by atoms with E-state index in [1.54, 1.807) is 17.5 Å². The highest BCUT2D eigenvalue weighted by molar-refractivity contribution is 7.13. The van der Waals surface area contributed by atoms with Gasteiger partial charge in [-0.15, -0.1) is 11.3 Å². The number of thiazole rings is 1. The minimum atomic E-state index is 0.611. The average Bonchev–Trinajstić information content (AvgIpc) is 2.55. The van der Waals surface area contributed by atoms with Gasteiger partial charge in [0.15, 0.2) is 5.13 Å². The number of hydrogen-bond donors (Lipinski definition) is 1. The molecule has 3 nitrogen and oxygen atoms in total. The van der Waals surface area contributed by atoms with Gasteiger partial charge in [-0.1, -0.05) is 13.8 Å². The minimum absolute atomic E-state index is 0.611. The van der Waals surface area contributed by atoms with Crippen molar-refractivity contribution in [3.8, 4) is 0 Å². The van der Waals surface area contributed by atoms with Gasteiger partial charge in [-0.2, -0.15) is 0 Å². The van der Waals surface area contributed by atoms with E-state index in [1.165, 1.54) is 0 Å². The summed E-state index contributed by atoms with van der Waals surface area (Å²) >= 11 is 1.61. The molecule has 4 heteroatoms. The Morgan fingerprint density at radius 1 is 1.62 bits per heavy atom. The Morgan fingerprint density at radius 3 is 3.08 bits per heavy atom. The van der Waals surface area contributed by atoms with Crippen molar-refractivity contribution in [3.05, 3.63) is 11.6 Å². The predicted molar refractivity (Wildman–Crippen MR) is 56.3 cm³/mol. The van der Waals surface area contributed by atoms with Crippen LogP contribution in [0.1, 0.15) is 13.8 Å². The first-order valence-corrected chi connectivity index (χ1v) is 5.38. The van der Waals surface area contributed by atoms with Crippen molar-refractivity contribution >= 4 is 16.5 Å². The number of anilines is 1. The van der Waals surface area contributed by atoms with Crippen LogP contribution in [0.15, 0.2) is 11.6 Å². The quantitative estimate of drug-likeness (QED) is 0.715. The molecule has 0 saturated carbocycles. The molecular weight excluding hydrogens is 184 g/mol. The summed E-state index contributed by atoms with van der Waals surface area (Å²) in [5, 5.41) is 6.10. The van der Waals surface area contributed by atoms with Crippen molar-refractivity contribution in [1.82, 2.24) is 4.98 Å². The molecule has 0 unspecified atom stereocenters. The first-order chi connectivity index (χ1) is 6.29. The molecule has 13 heavy (non-hydrogen) atoms. The van der Waals surface area contributed by atoms with E-state index in [1.807, 2.05) is 5.38 Å². The van der Waals surface area contributed by atoms with Crippen LogP contribution in [0.3, 0.4) is 0 Å². The summed E-state index contributed by atoms with van der Waals surface area (Å²) in [6, 6.07) is 0. The van der Waals surface area contributed by atoms with Gasteiger partial charge in [-0.3, -0.25) is 0 Å². The van der Waals surface area contributed by atoms with Crippen LogP contribution in [-0.4, -0.2) is 24.7 Å². The fourth-order valence-corrected chi connectivity index (χ4v) is 1.42. The SMILES string of the molecule is CC(C)COCCNc1nccs1. The summed E-state index contributed by atoms with van der Waals surface area (Å²) in [5.41, 5.74) is 0. The second kappa shape index (κ2) is 5.94. The van der Waals surface area contributed by atoms with Crippen LogP contribution in [0.5, 0.6) is 0 Å². The molecule has 1 N–H and O–H groups in total. The molecule has 1 heterocycles. The predicted octanol–water partition coefficient (Wildman–Crippen LogP) is 2.23. The molecule has 0 amide bonds. The van der Waals surface area contributed by atoms with Gasteiger partial charge >= 0.3 is 0 Å². The maximum absolute atomic E-state index is 5.41. The van der Waals surface area contributed by atoms with E-state index in [0.717, 1.165) is 24.9 Å². The standard InChI is InChI=1S/C9H16N2OS/c1-8(2)7-12-5-3-10-9-11-4-6-13-9/h4,6,8H,3,5,7H2,1-2H3,(H,10,11). The van der Waals surface area contributed by atoms with E-state index in [9.17, 15) is 0 Å². The number of hydrogen-bond acceptors (Lipinski definition) is 4. The number of ether oxygens (including phenoxy) is 1. The van der Waals surface area contributed by atoms with Gasteiger partial charge in [0.25, 0.3) is 0 Å². The molecule has 1 aromatic heterocycles. The summed E-state index contributed by atoms with van der Waals surface area (Å²) < 4.78 is 5.41. The molecule has 1 aromatic rings. The van der Waals surface area contributed by atoms with Gasteiger partial charge in [0.2, 0.25) is 0 Å². The zero-order valence-corrected chi connectivity index (χ0v) is 8.93. The topological polar surface area (TPSA) is 34.1 Å². The van der Waals surface area contributed by atoms with Gasteiger partial charge in [0.05, 0.1) is 6.61 Å². The molecule has 0 aliphatic heterocycles. The summed E-state index contributed by atoms with van der Waals surface area (Å²) in [6.07, 6.45) is 1.79. The molecule has 0 bridgehead atoms. The second-order valence-corrected chi connectivity index (χ2v) is 4.13. The normalized spacial score (nSPS) is 10.7. The van der Waals surface area contributed by atoms with Crippen molar-refractivity contribution in [2.24, 2.45) is 5.92 Å². The molecule has 0 aromatic carbocycles. The smallest absolute Gasteiger partial charge is 0.182 e. The van der Waals surface area contributed by atoms with Gasteiger partial charge in [0, 0.05) is 24.7 Å². The van der Waals surface area contributed by atoms with E-state index >= 15 is 0 Å². The number of aromatic nitrogens is 1. The highest BCUT2D eigenvalue weighted by Crippen LogP contribution is 2.09. The van der Waals surface area contributed by atoms with Crippen LogP contribution >= 0.6 is 11.3 Å². The van der Waals surface area contributed by atoms with Crippen molar-refractivity contribution < 1.29 is 4.74 Å². The summed E-state index contributed by atoms with van der Waals surface area (Å²) in [5.74, 6) is 0.611. The van der Waals surface area contributed by atoms with Crippen LogP contribution in [0.4, 0.5) is 5.13 Å². The average molecular weight is 200 g/mol. The van der Waals surface area contributed by atoms with E-state index in [4.69, 9.17) is 4.74 Å². The van der Waals surface area contributed by atoms with E-state index < -0.39 is 0 Å². The van der Waals surface area contributed by atoms with E-state index in [0.29, 0.717) is 5.92 Å². The van der Waals surface area contributed by atoms with Gasteiger partial charge in [-0.05, 0) is 5.92 Å². The zero-order chi connectivity index (χ0) is 9.52. The molecule has 0 saturated heterocycles. The van der Waals surface area contributed by atoms with E-state index in [-0.39, 0.29) is 0 Å². The summed E-state index contributed by atoms with van der Waals surface area (Å²) in [7, 11) is 0. The molecular formula is C9H16N2OS. The maximum Gasteiger partial charge on any atom is 0.182 e. The lowest BCUT2D eigenvalue weighted by atomic mass is 10.2. The Morgan fingerprint density at radius 2 is 2.46 bits per heavy atom. The van der Waals surface area contributed by atoms with Gasteiger partial charge in [-0.25, -0.2) is 4.98 Å². The summed E-state index contributed by atoms with van der Waals surface area (Å²) in [6.45, 7) is 6.71. The molecule has 0 aliphatic carbocycles. The Hall–Kier alpha value is -0.610. The van der Waals surface area contributed by atoms with Gasteiger partial charge < -0.3 is 10.1 Å². The lowest BCUT2D eigenvalue weighted by Gasteiger charge is -2.06. The Labute approximate surface area is 83.1 Å². The van der Waals surface area contributed by atoms with Crippen molar-refractivity contribution in [2.45, 2.75) is 13.8 Å². The minimum Gasteiger partial charge on any atom is -0.379 e. The molecule has 0 atom stereocenters. The molecule has 0 spiro atoms. The van der Waals surface area contributed by atoms with Gasteiger partial charge in [0.1, 0.15) is 0 Å². The lowest BCUT2D eigenvalue weighted by Crippen LogP contribution is -2.11. The largest absolute Gasteiger partial charge is 0.379 e. The molecule has 1 rings (SSSR count). The molecule has 0 radical (unpaired) electrons. The molecule has 74 valence electrons. The summed E-state index contributed by atoms with van der Waals surface area (Å²) in [4.78, 5) is 4.10. The van der Waals surface area contributed by atoms with Crippen LogP contribution < -0.4 is 5.32 Å². The van der Waals surface area contributed by atoms with Crippen LogP contribution in [0.25, 0.3) is 0 Å². The first-order valence-electron chi connectivity index (χ1n) is 4.50. The number of nitrogens with one attached hydrogen (secondary N) is 1. The Balaban J connectivity index is 1.96. The second-order valence-electron chi connectivity index (χ2n) is 3.23. The van der Waals surface area contributed by atoms with E-state index in [2.05, 4.69) is 24.1 Å². The Kier molecular flexibility index (Phi) is 4.78. The van der Waals surface area contributed by atoms with Crippen LogP contribution in [0.2, 0.25) is 0 Å². The highest BCUT2D eigenvalue weighted by atomic mass is 32.1. The third-order valence-electron chi connectivity index (χ3n) is 1.41. The van der Waals surface area contributed by atoms with Crippen molar-refractivity contribution in [3.63, 3.8) is 0 Å². The molecule has 0 fully saturated rings. The highest BCUT2D eigenvalue weighted by Gasteiger charge is 1.94. The third-order valence-corrected chi connectivity index (χ3v) is 2.14. The monoisotopic (exact) mass is 200 g/mol. The van der Waals surface area contributed by atoms with Crippen LogP contribution in [-0.2, 0) is 4.74 Å². The first kappa shape index (κ1) is 10.5. The fraction of sp³-hybridized carbons (Fsp3) is 0.667. The van der Waals surface area contributed by atoms with Crippen LogP contribution in [0, 0.1) is 5.92 Å². The maximum atomic E-state index is 5.41.